The molecule has 3 heteroatoms. The van der Waals surface area contributed by atoms with Crippen LogP contribution < -0.4 is 5.32 Å². The number of nitrogens with one attached hydrogen (secondary N) is 1. The van der Waals surface area contributed by atoms with Crippen molar-refractivity contribution in [2.45, 2.75) is 19.1 Å². The van der Waals surface area contributed by atoms with E-state index in [9.17, 15) is 4.39 Å². The molecule has 1 saturated heterocycles. The molecule has 0 bridgehead atoms. The van der Waals surface area contributed by atoms with Crippen molar-refractivity contribution >= 4 is 0 Å². The Morgan fingerprint density at radius 3 is 3.11 bits per heavy atom. The monoisotopic (exact) mass is 133 g/mol. The van der Waals surface area contributed by atoms with Gasteiger partial charge in [0.05, 0.1) is 13.2 Å². The van der Waals surface area contributed by atoms with Crippen molar-refractivity contribution in [3.05, 3.63) is 0 Å². The second-order valence-electron chi connectivity index (χ2n) is 2.44. The molecule has 0 aromatic heterocycles. The maximum absolute atomic E-state index is 12.4. The Balaban J connectivity index is 2.25. The second-order valence-corrected chi connectivity index (χ2v) is 2.44. The molecule has 1 fully saturated rings. The Kier molecular flexibility index (Phi) is 2.42. The highest BCUT2D eigenvalue weighted by Gasteiger charge is 2.13. The summed E-state index contributed by atoms with van der Waals surface area (Å²) in [5, 5.41) is 2.99. The first-order valence-electron chi connectivity index (χ1n) is 3.24. The fourth-order valence-electron chi connectivity index (χ4n) is 0.820. The van der Waals surface area contributed by atoms with Crippen LogP contribution in [0.1, 0.15) is 6.92 Å². The molecule has 2 atom stereocenters. The Labute approximate surface area is 54.4 Å². The molecule has 0 spiro atoms. The predicted octanol–water partition coefficient (Wildman–Crippen LogP) is 0.333. The summed E-state index contributed by atoms with van der Waals surface area (Å²) in [6, 6.07) is 0.297. The van der Waals surface area contributed by atoms with Crippen molar-refractivity contribution in [2.24, 2.45) is 0 Å². The van der Waals surface area contributed by atoms with Crippen molar-refractivity contribution in [2.75, 3.05) is 19.8 Å². The predicted molar refractivity (Wildman–Crippen MR) is 33.2 cm³/mol. The van der Waals surface area contributed by atoms with Crippen LogP contribution in [-0.2, 0) is 4.74 Å². The molecule has 0 amide bonds. The zero-order valence-electron chi connectivity index (χ0n) is 5.56. The quantitative estimate of drug-likeness (QED) is 0.514. The third-order valence-electron chi connectivity index (χ3n) is 1.35. The standard InChI is InChI=1S/C6H12FNO/c1-5-3-9-4-6(7)2-8-5/h5-6,8H,2-4H2,1H3. The van der Waals surface area contributed by atoms with Gasteiger partial charge in [0.1, 0.15) is 6.17 Å². The average Bonchev–Trinajstić information content (AvgIpc) is 1.97. The molecule has 0 aliphatic carbocycles. The SMILES string of the molecule is CC1COCC(F)CN1. The van der Waals surface area contributed by atoms with Gasteiger partial charge in [-0.05, 0) is 6.92 Å². The number of alkyl halides is 1. The largest absolute Gasteiger partial charge is 0.377 e. The first-order valence-corrected chi connectivity index (χ1v) is 3.24. The smallest absolute Gasteiger partial charge is 0.136 e. The Morgan fingerprint density at radius 1 is 1.56 bits per heavy atom. The van der Waals surface area contributed by atoms with E-state index in [4.69, 9.17) is 4.74 Å². The van der Waals surface area contributed by atoms with E-state index < -0.39 is 6.17 Å². The normalized spacial score (nSPS) is 38.0. The lowest BCUT2D eigenvalue weighted by Crippen LogP contribution is -2.31. The van der Waals surface area contributed by atoms with Crippen LogP contribution in [0.5, 0.6) is 0 Å². The highest BCUT2D eigenvalue weighted by atomic mass is 19.1. The fourth-order valence-corrected chi connectivity index (χ4v) is 0.820. The molecular weight excluding hydrogens is 121 g/mol. The molecule has 0 aromatic carbocycles. The molecule has 2 unspecified atom stereocenters. The van der Waals surface area contributed by atoms with E-state index in [2.05, 4.69) is 5.32 Å². The summed E-state index contributed by atoms with van der Waals surface area (Å²) >= 11 is 0. The van der Waals surface area contributed by atoms with E-state index in [1.807, 2.05) is 6.92 Å². The van der Waals surface area contributed by atoms with Gasteiger partial charge in [-0.2, -0.15) is 0 Å². The number of rotatable bonds is 0. The van der Waals surface area contributed by atoms with E-state index in [1.54, 1.807) is 0 Å². The molecule has 0 saturated carbocycles. The van der Waals surface area contributed by atoms with Crippen molar-refractivity contribution in [1.29, 1.82) is 0 Å². The average molecular weight is 133 g/mol. The van der Waals surface area contributed by atoms with E-state index in [0.29, 0.717) is 19.2 Å². The van der Waals surface area contributed by atoms with Crippen LogP contribution in [0.4, 0.5) is 4.39 Å². The number of ether oxygens (including phenoxy) is 1. The van der Waals surface area contributed by atoms with Crippen LogP contribution in [0.2, 0.25) is 0 Å². The van der Waals surface area contributed by atoms with Gasteiger partial charge in [-0.15, -0.1) is 0 Å². The van der Waals surface area contributed by atoms with Gasteiger partial charge in [-0.3, -0.25) is 0 Å². The number of hydrogen-bond donors (Lipinski definition) is 1. The summed E-state index contributed by atoms with van der Waals surface area (Å²) in [7, 11) is 0. The molecular formula is C6H12FNO. The molecule has 1 aliphatic heterocycles. The van der Waals surface area contributed by atoms with Crippen LogP contribution in [0.25, 0.3) is 0 Å². The molecule has 0 radical (unpaired) electrons. The summed E-state index contributed by atoms with van der Waals surface area (Å²) in [5.41, 5.74) is 0. The van der Waals surface area contributed by atoms with Gasteiger partial charge in [0.25, 0.3) is 0 Å². The molecule has 1 aliphatic rings. The van der Waals surface area contributed by atoms with E-state index in [-0.39, 0.29) is 6.61 Å². The Bertz CT molecular complexity index is 79.1. The third-order valence-corrected chi connectivity index (χ3v) is 1.35. The highest BCUT2D eigenvalue weighted by Crippen LogP contribution is 1.97. The molecule has 54 valence electrons. The van der Waals surface area contributed by atoms with Crippen LogP contribution >= 0.6 is 0 Å². The van der Waals surface area contributed by atoms with Gasteiger partial charge < -0.3 is 10.1 Å². The van der Waals surface area contributed by atoms with Gasteiger partial charge in [-0.25, -0.2) is 4.39 Å². The van der Waals surface area contributed by atoms with Gasteiger partial charge in [0, 0.05) is 12.6 Å². The lowest BCUT2D eigenvalue weighted by Gasteiger charge is -2.06. The van der Waals surface area contributed by atoms with Crippen molar-refractivity contribution < 1.29 is 9.13 Å². The molecule has 1 rings (SSSR count). The minimum Gasteiger partial charge on any atom is -0.377 e. The van der Waals surface area contributed by atoms with Gasteiger partial charge in [-0.1, -0.05) is 0 Å². The molecule has 2 nitrogen and oxygen atoms in total. The molecule has 1 heterocycles. The van der Waals surface area contributed by atoms with Crippen LogP contribution in [-0.4, -0.2) is 32.0 Å². The lowest BCUT2D eigenvalue weighted by molar-refractivity contribution is 0.0961. The fraction of sp³-hybridized carbons (Fsp3) is 1.00. The third kappa shape index (κ3) is 2.28. The maximum Gasteiger partial charge on any atom is 0.136 e. The van der Waals surface area contributed by atoms with Crippen molar-refractivity contribution in [3.63, 3.8) is 0 Å². The zero-order valence-corrected chi connectivity index (χ0v) is 5.56. The summed E-state index contributed by atoms with van der Waals surface area (Å²) in [6.45, 7) is 3.29. The first-order chi connectivity index (χ1) is 4.29. The van der Waals surface area contributed by atoms with E-state index in [1.165, 1.54) is 0 Å². The minimum atomic E-state index is -0.824. The Morgan fingerprint density at radius 2 is 2.33 bits per heavy atom. The first kappa shape index (κ1) is 6.96. The summed E-state index contributed by atoms with van der Waals surface area (Å²) in [5.74, 6) is 0. The zero-order chi connectivity index (χ0) is 6.69. The van der Waals surface area contributed by atoms with E-state index in [0.717, 1.165) is 0 Å². The van der Waals surface area contributed by atoms with Gasteiger partial charge >= 0.3 is 0 Å². The highest BCUT2D eigenvalue weighted by molar-refractivity contribution is 4.68. The summed E-state index contributed by atoms with van der Waals surface area (Å²) in [6.07, 6.45) is -0.824. The maximum atomic E-state index is 12.4. The van der Waals surface area contributed by atoms with E-state index >= 15 is 0 Å². The second kappa shape index (κ2) is 3.13. The lowest BCUT2D eigenvalue weighted by atomic mass is 10.3. The molecule has 1 N–H and O–H groups in total. The van der Waals surface area contributed by atoms with Crippen molar-refractivity contribution in [1.82, 2.24) is 5.32 Å². The topological polar surface area (TPSA) is 21.3 Å². The van der Waals surface area contributed by atoms with Crippen LogP contribution in [0.3, 0.4) is 0 Å². The van der Waals surface area contributed by atoms with Crippen molar-refractivity contribution in [3.8, 4) is 0 Å². The number of halogens is 1. The molecule has 9 heavy (non-hydrogen) atoms. The van der Waals surface area contributed by atoms with Gasteiger partial charge in [0.15, 0.2) is 0 Å². The Hall–Kier alpha value is -0.150. The van der Waals surface area contributed by atoms with Crippen LogP contribution in [0.15, 0.2) is 0 Å². The summed E-state index contributed by atoms with van der Waals surface area (Å²) in [4.78, 5) is 0. The number of hydrogen-bond acceptors (Lipinski definition) is 2. The molecule has 0 aromatic rings. The minimum absolute atomic E-state index is 0.247. The van der Waals surface area contributed by atoms with Gasteiger partial charge in [0.2, 0.25) is 0 Å². The summed E-state index contributed by atoms with van der Waals surface area (Å²) < 4.78 is 17.4. The van der Waals surface area contributed by atoms with Crippen LogP contribution in [0, 0.1) is 0 Å².